The fraction of sp³-hybridized carbons (Fsp3) is 0.538. The van der Waals surface area contributed by atoms with Crippen molar-refractivity contribution in [2.75, 3.05) is 7.11 Å². The van der Waals surface area contributed by atoms with Gasteiger partial charge < -0.3 is 4.74 Å². The summed E-state index contributed by atoms with van der Waals surface area (Å²) < 4.78 is 4.94. The molecule has 0 saturated carbocycles. The van der Waals surface area contributed by atoms with E-state index >= 15 is 0 Å². The van der Waals surface area contributed by atoms with Crippen molar-refractivity contribution in [1.82, 2.24) is 5.43 Å². The van der Waals surface area contributed by atoms with Crippen molar-refractivity contribution >= 4 is 0 Å². The van der Waals surface area contributed by atoms with E-state index in [2.05, 4.69) is 36.6 Å². The van der Waals surface area contributed by atoms with Gasteiger partial charge in [-0.05, 0) is 33.3 Å². The lowest BCUT2D eigenvalue weighted by Gasteiger charge is -2.14. The largest absolute Gasteiger partial charge is 0.379 e. The van der Waals surface area contributed by atoms with E-state index < -0.39 is 0 Å². The highest BCUT2D eigenvalue weighted by Gasteiger charge is 2.04. The molecule has 0 aromatic heterocycles. The molecule has 0 saturated heterocycles. The van der Waals surface area contributed by atoms with E-state index in [-0.39, 0.29) is 5.60 Å². The molecule has 0 unspecified atom stereocenters. The van der Waals surface area contributed by atoms with Crippen molar-refractivity contribution in [1.29, 1.82) is 0 Å². The van der Waals surface area contributed by atoms with Gasteiger partial charge >= 0.3 is 0 Å². The standard InChI is InChI=1S/C8H12N2.C5H12O/c1-7-2-4-8(5-3-7)6-10-9;1-5(2,3)6-4/h2-5,10H,6,9H2,1H3;1-4H3. The zero-order chi connectivity index (χ0) is 12.6. The van der Waals surface area contributed by atoms with Crippen LogP contribution in [-0.2, 0) is 11.3 Å². The van der Waals surface area contributed by atoms with Gasteiger partial charge in [0.05, 0.1) is 5.60 Å². The van der Waals surface area contributed by atoms with Gasteiger partial charge in [0, 0.05) is 13.7 Å². The summed E-state index contributed by atoms with van der Waals surface area (Å²) in [6, 6.07) is 8.28. The summed E-state index contributed by atoms with van der Waals surface area (Å²) in [5, 5.41) is 0. The van der Waals surface area contributed by atoms with Gasteiger partial charge in [0.25, 0.3) is 0 Å². The second kappa shape index (κ2) is 7.39. The lowest BCUT2D eigenvalue weighted by atomic mass is 10.2. The smallest absolute Gasteiger partial charge is 0.0594 e. The van der Waals surface area contributed by atoms with Crippen LogP contribution in [0.3, 0.4) is 0 Å². The van der Waals surface area contributed by atoms with Crippen LogP contribution in [0.25, 0.3) is 0 Å². The Labute approximate surface area is 99.0 Å². The zero-order valence-electron chi connectivity index (χ0n) is 11.0. The van der Waals surface area contributed by atoms with Crippen LogP contribution in [-0.4, -0.2) is 12.7 Å². The number of nitrogens with two attached hydrogens (primary N) is 1. The minimum Gasteiger partial charge on any atom is -0.379 e. The summed E-state index contributed by atoms with van der Waals surface area (Å²) in [5.74, 6) is 5.15. The van der Waals surface area contributed by atoms with E-state index in [0.717, 1.165) is 6.54 Å². The summed E-state index contributed by atoms with van der Waals surface area (Å²) in [6.07, 6.45) is 0. The van der Waals surface area contributed by atoms with Crippen molar-refractivity contribution in [3.63, 3.8) is 0 Å². The monoisotopic (exact) mass is 224 g/mol. The summed E-state index contributed by atoms with van der Waals surface area (Å²) in [4.78, 5) is 0. The van der Waals surface area contributed by atoms with Crippen molar-refractivity contribution in [2.24, 2.45) is 5.84 Å². The molecule has 0 fully saturated rings. The Morgan fingerprint density at radius 3 is 1.94 bits per heavy atom. The van der Waals surface area contributed by atoms with E-state index in [0.29, 0.717) is 0 Å². The Bertz CT molecular complexity index is 275. The Kier molecular flexibility index (Phi) is 6.97. The van der Waals surface area contributed by atoms with Crippen LogP contribution in [0.2, 0.25) is 0 Å². The van der Waals surface area contributed by atoms with Gasteiger partial charge in [-0.3, -0.25) is 11.3 Å². The number of ether oxygens (including phenoxy) is 1. The van der Waals surface area contributed by atoms with E-state index in [1.807, 2.05) is 20.8 Å². The fourth-order valence-electron chi connectivity index (χ4n) is 0.824. The zero-order valence-corrected chi connectivity index (χ0v) is 11.0. The topological polar surface area (TPSA) is 47.3 Å². The molecule has 92 valence electrons. The first-order valence-electron chi connectivity index (χ1n) is 5.43. The summed E-state index contributed by atoms with van der Waals surface area (Å²) in [7, 11) is 1.71. The molecule has 0 atom stereocenters. The van der Waals surface area contributed by atoms with Gasteiger partial charge in [-0.15, -0.1) is 0 Å². The third-order valence-electron chi connectivity index (χ3n) is 2.04. The second-order valence-electron chi connectivity index (χ2n) is 4.68. The molecule has 0 spiro atoms. The molecule has 0 bridgehead atoms. The van der Waals surface area contributed by atoms with Gasteiger partial charge in [0.2, 0.25) is 0 Å². The fourth-order valence-corrected chi connectivity index (χ4v) is 0.824. The lowest BCUT2D eigenvalue weighted by molar-refractivity contribution is 0.0397. The molecule has 1 aromatic carbocycles. The first-order valence-corrected chi connectivity index (χ1v) is 5.43. The molecular weight excluding hydrogens is 200 g/mol. The molecule has 0 aliphatic heterocycles. The number of methoxy groups -OCH3 is 1. The Balaban J connectivity index is 0.000000325. The van der Waals surface area contributed by atoms with E-state index in [9.17, 15) is 0 Å². The number of hydrogen-bond donors (Lipinski definition) is 2. The molecule has 3 nitrogen and oxygen atoms in total. The van der Waals surface area contributed by atoms with Crippen LogP contribution in [0.5, 0.6) is 0 Å². The molecule has 3 heteroatoms. The minimum absolute atomic E-state index is 0.0417. The van der Waals surface area contributed by atoms with Gasteiger partial charge in [-0.1, -0.05) is 29.8 Å². The van der Waals surface area contributed by atoms with Gasteiger partial charge in [0.1, 0.15) is 0 Å². The highest BCUT2D eigenvalue weighted by atomic mass is 16.5. The van der Waals surface area contributed by atoms with Crippen molar-refractivity contribution < 1.29 is 4.74 Å². The molecule has 3 N–H and O–H groups in total. The van der Waals surface area contributed by atoms with Gasteiger partial charge in [-0.25, -0.2) is 0 Å². The number of aryl methyl sites for hydroxylation is 1. The maximum atomic E-state index is 5.15. The molecule has 0 aliphatic carbocycles. The van der Waals surface area contributed by atoms with Gasteiger partial charge in [0.15, 0.2) is 0 Å². The summed E-state index contributed by atoms with van der Waals surface area (Å²) in [6.45, 7) is 8.87. The van der Waals surface area contributed by atoms with E-state index in [1.165, 1.54) is 11.1 Å². The van der Waals surface area contributed by atoms with E-state index in [1.54, 1.807) is 7.11 Å². The number of benzene rings is 1. The molecule has 0 heterocycles. The third kappa shape index (κ3) is 8.41. The number of hydrazine groups is 1. The maximum absolute atomic E-state index is 5.15. The lowest BCUT2D eigenvalue weighted by Crippen LogP contribution is -2.20. The summed E-state index contributed by atoms with van der Waals surface area (Å²) >= 11 is 0. The van der Waals surface area contributed by atoms with Crippen molar-refractivity contribution in [2.45, 2.75) is 39.8 Å². The number of hydrogen-bond acceptors (Lipinski definition) is 3. The van der Waals surface area contributed by atoms with Crippen LogP contribution >= 0.6 is 0 Å². The molecule has 1 aromatic rings. The minimum atomic E-state index is 0.0417. The Hall–Kier alpha value is -0.900. The quantitative estimate of drug-likeness (QED) is 0.599. The first kappa shape index (κ1) is 15.1. The van der Waals surface area contributed by atoms with Crippen molar-refractivity contribution in [3.8, 4) is 0 Å². The van der Waals surface area contributed by atoms with Crippen LogP contribution in [0.1, 0.15) is 31.9 Å². The average Bonchev–Trinajstić information content (AvgIpc) is 2.22. The molecule has 16 heavy (non-hydrogen) atoms. The normalized spacial score (nSPS) is 10.6. The molecule has 0 amide bonds. The molecule has 1 rings (SSSR count). The van der Waals surface area contributed by atoms with Crippen molar-refractivity contribution in [3.05, 3.63) is 35.4 Å². The maximum Gasteiger partial charge on any atom is 0.0594 e. The Morgan fingerprint density at radius 2 is 1.62 bits per heavy atom. The van der Waals surface area contributed by atoms with Crippen LogP contribution in [0.15, 0.2) is 24.3 Å². The number of rotatable bonds is 2. The number of nitrogens with one attached hydrogen (secondary N) is 1. The second-order valence-corrected chi connectivity index (χ2v) is 4.68. The highest BCUT2D eigenvalue weighted by Crippen LogP contribution is 2.02. The molecule has 0 aliphatic rings. The van der Waals surface area contributed by atoms with E-state index in [4.69, 9.17) is 10.6 Å². The van der Waals surface area contributed by atoms with Crippen LogP contribution in [0.4, 0.5) is 0 Å². The summed E-state index contributed by atoms with van der Waals surface area (Å²) in [5.41, 5.74) is 5.14. The Morgan fingerprint density at radius 1 is 1.19 bits per heavy atom. The molecule has 0 radical (unpaired) electrons. The SMILES string of the molecule is COC(C)(C)C.Cc1ccc(CNN)cc1. The third-order valence-corrected chi connectivity index (χ3v) is 2.04. The predicted octanol–water partition coefficient (Wildman–Crippen LogP) is 2.39. The predicted molar refractivity (Wildman–Crippen MR) is 69.0 cm³/mol. The van der Waals surface area contributed by atoms with Crippen LogP contribution < -0.4 is 11.3 Å². The highest BCUT2D eigenvalue weighted by molar-refractivity contribution is 5.20. The molecular formula is C13H24N2O. The average molecular weight is 224 g/mol. The first-order chi connectivity index (χ1) is 7.39. The van der Waals surface area contributed by atoms with Gasteiger partial charge in [-0.2, -0.15) is 0 Å². The van der Waals surface area contributed by atoms with Crippen LogP contribution in [0, 0.1) is 6.92 Å².